The molecule has 2 amide bonds. The van der Waals surface area contributed by atoms with Gasteiger partial charge in [-0.15, -0.1) is 0 Å². The molecule has 2 aromatic carbocycles. The number of carbonyl (C=O) groups excluding carboxylic acids is 1. The third-order valence-electron chi connectivity index (χ3n) is 3.01. The van der Waals surface area contributed by atoms with E-state index in [4.69, 9.17) is 0 Å². The van der Waals surface area contributed by atoms with Gasteiger partial charge in [0, 0.05) is 6.54 Å². The Morgan fingerprint density at radius 1 is 1.10 bits per heavy atom. The van der Waals surface area contributed by atoms with Crippen LogP contribution in [-0.4, -0.2) is 17.7 Å². The number of nitrogens with one attached hydrogen (secondary N) is 2. The molecule has 0 bridgehead atoms. The van der Waals surface area contributed by atoms with Crippen LogP contribution in [0.2, 0.25) is 0 Å². The number of para-hydroxylation sites is 1. The maximum Gasteiger partial charge on any atom is 0.319 e. The first kappa shape index (κ1) is 15.0. The Bertz CT molecular complexity index is 590. The molecule has 1 atom stereocenters. The number of rotatable bonds is 5. The third kappa shape index (κ3) is 4.57. The van der Waals surface area contributed by atoms with E-state index in [2.05, 4.69) is 10.6 Å². The summed E-state index contributed by atoms with van der Waals surface area (Å²) in [6.45, 7) is 0.288. The standard InChI is InChI=1S/C16H17FN2O2/c17-13-8-4-5-9-14(13)19-16(21)18-11-10-15(20)12-6-2-1-3-7-12/h1-9,15,20H,10-11H2,(H2,18,19,21). The zero-order chi connectivity index (χ0) is 15.1. The molecule has 4 nitrogen and oxygen atoms in total. The molecule has 0 saturated carbocycles. The van der Waals surface area contributed by atoms with Gasteiger partial charge in [0.15, 0.2) is 0 Å². The highest BCUT2D eigenvalue weighted by molar-refractivity contribution is 5.89. The number of halogens is 1. The van der Waals surface area contributed by atoms with Crippen molar-refractivity contribution in [3.8, 4) is 0 Å². The van der Waals surface area contributed by atoms with Crippen molar-refractivity contribution in [2.75, 3.05) is 11.9 Å². The van der Waals surface area contributed by atoms with E-state index in [1.807, 2.05) is 30.3 Å². The zero-order valence-electron chi connectivity index (χ0n) is 11.4. The number of hydrogen-bond acceptors (Lipinski definition) is 2. The van der Waals surface area contributed by atoms with Crippen LogP contribution in [0.1, 0.15) is 18.1 Å². The van der Waals surface area contributed by atoms with Gasteiger partial charge in [0.1, 0.15) is 5.82 Å². The smallest absolute Gasteiger partial charge is 0.319 e. The van der Waals surface area contributed by atoms with Crippen LogP contribution in [0.3, 0.4) is 0 Å². The largest absolute Gasteiger partial charge is 0.388 e. The Kier molecular flexibility index (Phi) is 5.29. The maximum atomic E-state index is 13.3. The van der Waals surface area contributed by atoms with E-state index in [9.17, 15) is 14.3 Å². The van der Waals surface area contributed by atoms with E-state index >= 15 is 0 Å². The Morgan fingerprint density at radius 3 is 2.48 bits per heavy atom. The van der Waals surface area contributed by atoms with Gasteiger partial charge in [0.05, 0.1) is 11.8 Å². The third-order valence-corrected chi connectivity index (χ3v) is 3.01. The van der Waals surface area contributed by atoms with Gasteiger partial charge < -0.3 is 15.7 Å². The highest BCUT2D eigenvalue weighted by atomic mass is 19.1. The molecule has 0 fully saturated rings. The van der Waals surface area contributed by atoms with Crippen molar-refractivity contribution in [3.05, 3.63) is 66.0 Å². The second-order valence-electron chi connectivity index (χ2n) is 4.58. The fourth-order valence-electron chi connectivity index (χ4n) is 1.89. The van der Waals surface area contributed by atoms with Crippen molar-refractivity contribution >= 4 is 11.7 Å². The lowest BCUT2D eigenvalue weighted by atomic mass is 10.1. The lowest BCUT2D eigenvalue weighted by molar-refractivity contribution is 0.167. The lowest BCUT2D eigenvalue weighted by Crippen LogP contribution is -2.30. The molecule has 21 heavy (non-hydrogen) atoms. The highest BCUT2D eigenvalue weighted by Gasteiger charge is 2.09. The topological polar surface area (TPSA) is 61.4 Å². The fourth-order valence-corrected chi connectivity index (χ4v) is 1.89. The monoisotopic (exact) mass is 288 g/mol. The average molecular weight is 288 g/mol. The number of urea groups is 1. The molecule has 0 heterocycles. The van der Waals surface area contributed by atoms with Crippen molar-refractivity contribution in [2.45, 2.75) is 12.5 Å². The Balaban J connectivity index is 1.76. The average Bonchev–Trinajstić information content (AvgIpc) is 2.50. The van der Waals surface area contributed by atoms with Gasteiger partial charge in [0.2, 0.25) is 0 Å². The first-order valence-corrected chi connectivity index (χ1v) is 6.69. The molecule has 110 valence electrons. The molecule has 0 spiro atoms. The molecule has 0 radical (unpaired) electrons. The molecule has 0 saturated heterocycles. The summed E-state index contributed by atoms with van der Waals surface area (Å²) in [5.41, 5.74) is 0.924. The molecule has 0 aliphatic carbocycles. The highest BCUT2D eigenvalue weighted by Crippen LogP contribution is 2.15. The number of aliphatic hydroxyl groups is 1. The van der Waals surface area contributed by atoms with Crippen LogP contribution < -0.4 is 10.6 Å². The zero-order valence-corrected chi connectivity index (χ0v) is 11.4. The summed E-state index contributed by atoms with van der Waals surface area (Å²) in [6, 6.07) is 14.6. The first-order chi connectivity index (χ1) is 10.2. The van der Waals surface area contributed by atoms with Crippen LogP contribution in [0, 0.1) is 5.82 Å². The van der Waals surface area contributed by atoms with Crippen molar-refractivity contribution < 1.29 is 14.3 Å². The minimum Gasteiger partial charge on any atom is -0.388 e. The summed E-state index contributed by atoms with van der Waals surface area (Å²) in [4.78, 5) is 11.6. The summed E-state index contributed by atoms with van der Waals surface area (Å²) in [7, 11) is 0. The first-order valence-electron chi connectivity index (χ1n) is 6.69. The lowest BCUT2D eigenvalue weighted by Gasteiger charge is -2.12. The van der Waals surface area contributed by atoms with Gasteiger partial charge >= 0.3 is 6.03 Å². The van der Waals surface area contributed by atoms with E-state index in [1.54, 1.807) is 12.1 Å². The van der Waals surface area contributed by atoms with E-state index < -0.39 is 18.0 Å². The number of aliphatic hydroxyl groups excluding tert-OH is 1. The molecule has 5 heteroatoms. The minimum absolute atomic E-state index is 0.124. The van der Waals surface area contributed by atoms with Crippen LogP contribution in [0.4, 0.5) is 14.9 Å². The number of carbonyl (C=O) groups is 1. The summed E-state index contributed by atoms with van der Waals surface area (Å²) in [5, 5.41) is 14.9. The van der Waals surface area contributed by atoms with Gasteiger partial charge in [-0.25, -0.2) is 9.18 Å². The van der Waals surface area contributed by atoms with Crippen molar-refractivity contribution in [3.63, 3.8) is 0 Å². The molecular weight excluding hydrogens is 271 g/mol. The predicted octanol–water partition coefficient (Wildman–Crippen LogP) is 3.07. The van der Waals surface area contributed by atoms with Gasteiger partial charge in [-0.3, -0.25) is 0 Å². The summed E-state index contributed by atoms with van der Waals surface area (Å²) >= 11 is 0. The summed E-state index contributed by atoms with van der Waals surface area (Å²) in [5.74, 6) is -0.489. The van der Waals surface area contributed by atoms with Crippen LogP contribution >= 0.6 is 0 Å². The molecule has 0 aromatic heterocycles. The number of hydrogen-bond donors (Lipinski definition) is 3. The number of benzene rings is 2. The molecule has 1 unspecified atom stereocenters. The van der Waals surface area contributed by atoms with Gasteiger partial charge in [-0.1, -0.05) is 42.5 Å². The van der Waals surface area contributed by atoms with Crippen molar-refractivity contribution in [1.29, 1.82) is 0 Å². The number of anilines is 1. The van der Waals surface area contributed by atoms with Crippen LogP contribution in [0.5, 0.6) is 0 Å². The Labute approximate surface area is 122 Å². The molecule has 0 aliphatic rings. The molecule has 3 N–H and O–H groups in total. The van der Waals surface area contributed by atoms with Gasteiger partial charge in [0.25, 0.3) is 0 Å². The van der Waals surface area contributed by atoms with Crippen LogP contribution in [0.25, 0.3) is 0 Å². The van der Waals surface area contributed by atoms with E-state index in [0.29, 0.717) is 6.42 Å². The van der Waals surface area contributed by atoms with Crippen molar-refractivity contribution in [2.24, 2.45) is 0 Å². The molecular formula is C16H17FN2O2. The quantitative estimate of drug-likeness (QED) is 0.792. The van der Waals surface area contributed by atoms with E-state index in [1.165, 1.54) is 12.1 Å². The van der Waals surface area contributed by atoms with E-state index in [0.717, 1.165) is 5.56 Å². The number of amides is 2. The Morgan fingerprint density at radius 2 is 1.76 bits per heavy atom. The Hall–Kier alpha value is -2.40. The predicted molar refractivity (Wildman–Crippen MR) is 79.4 cm³/mol. The van der Waals surface area contributed by atoms with Crippen LogP contribution in [0.15, 0.2) is 54.6 Å². The second-order valence-corrected chi connectivity index (χ2v) is 4.58. The molecule has 2 rings (SSSR count). The second kappa shape index (κ2) is 7.40. The van der Waals surface area contributed by atoms with Gasteiger partial charge in [-0.2, -0.15) is 0 Å². The fraction of sp³-hybridized carbons (Fsp3) is 0.188. The van der Waals surface area contributed by atoms with Crippen LogP contribution in [-0.2, 0) is 0 Å². The SMILES string of the molecule is O=C(NCCC(O)c1ccccc1)Nc1ccccc1F. The van der Waals surface area contributed by atoms with E-state index in [-0.39, 0.29) is 12.2 Å². The normalized spacial score (nSPS) is 11.7. The summed E-state index contributed by atoms with van der Waals surface area (Å²) < 4.78 is 13.3. The van der Waals surface area contributed by atoms with Crippen molar-refractivity contribution in [1.82, 2.24) is 5.32 Å². The van der Waals surface area contributed by atoms with Gasteiger partial charge in [-0.05, 0) is 24.1 Å². The molecule has 0 aliphatic heterocycles. The summed E-state index contributed by atoms with van der Waals surface area (Å²) in [6.07, 6.45) is -0.255. The minimum atomic E-state index is -0.639. The maximum absolute atomic E-state index is 13.3. The molecule has 2 aromatic rings.